The molecule has 2 rings (SSSR count). The van der Waals surface area contributed by atoms with Crippen molar-refractivity contribution in [1.82, 2.24) is 4.90 Å². The molecule has 0 radical (unpaired) electrons. The van der Waals surface area contributed by atoms with Crippen molar-refractivity contribution in [2.75, 3.05) is 7.11 Å². The van der Waals surface area contributed by atoms with Crippen molar-refractivity contribution in [3.05, 3.63) is 23.8 Å². The number of carbonyl (C=O) groups is 1. The molecule has 0 spiro atoms. The Morgan fingerprint density at radius 3 is 2.45 bits per heavy atom. The van der Waals surface area contributed by atoms with Gasteiger partial charge in [0.15, 0.2) is 11.5 Å². The Morgan fingerprint density at radius 2 is 1.91 bits per heavy atom. The highest BCUT2D eigenvalue weighted by Crippen LogP contribution is 2.38. The molecule has 1 fully saturated rings. The maximum atomic E-state index is 12.2. The molecule has 2 unspecified atom stereocenters. The minimum Gasteiger partial charge on any atom is -0.493 e. The van der Waals surface area contributed by atoms with Crippen LogP contribution in [0.4, 0.5) is 0 Å². The third-order valence-corrected chi connectivity index (χ3v) is 3.85. The first kappa shape index (κ1) is 16.6. The minimum absolute atomic E-state index is 0.0456. The topological polar surface area (TPSA) is 64.8 Å². The average Bonchev–Trinajstić information content (AvgIpc) is 2.72. The molecule has 1 aromatic carbocycles. The predicted molar refractivity (Wildman–Crippen MR) is 86.1 cm³/mol. The molecule has 5 heteroatoms. The van der Waals surface area contributed by atoms with E-state index in [9.17, 15) is 4.79 Å². The summed E-state index contributed by atoms with van der Waals surface area (Å²) in [5.74, 6) is 1.48. The molecule has 0 aliphatic carbocycles. The van der Waals surface area contributed by atoms with Gasteiger partial charge in [0.05, 0.1) is 19.3 Å². The van der Waals surface area contributed by atoms with Gasteiger partial charge >= 0.3 is 0 Å². The summed E-state index contributed by atoms with van der Waals surface area (Å²) in [6.07, 6.45) is 0.430. The monoisotopic (exact) mass is 306 g/mol. The van der Waals surface area contributed by atoms with Crippen molar-refractivity contribution < 1.29 is 14.3 Å². The molecular formula is C17H26N2O3. The number of methoxy groups -OCH3 is 1. The van der Waals surface area contributed by atoms with Crippen LogP contribution in [0.3, 0.4) is 0 Å². The van der Waals surface area contributed by atoms with Crippen LogP contribution in [0.25, 0.3) is 0 Å². The molecule has 122 valence electrons. The highest BCUT2D eigenvalue weighted by molar-refractivity contribution is 5.80. The second-order valence-electron chi connectivity index (χ2n) is 6.28. The maximum absolute atomic E-state index is 12.2. The molecule has 5 nitrogen and oxygen atoms in total. The van der Waals surface area contributed by atoms with Gasteiger partial charge in [-0.1, -0.05) is 6.07 Å². The van der Waals surface area contributed by atoms with Crippen LogP contribution in [-0.4, -0.2) is 36.1 Å². The normalized spacial score (nSPS) is 21.8. The smallest absolute Gasteiger partial charge is 0.225 e. The minimum atomic E-state index is -0.199. The lowest BCUT2D eigenvalue weighted by atomic mass is 9.99. The zero-order valence-corrected chi connectivity index (χ0v) is 14.0. The summed E-state index contributed by atoms with van der Waals surface area (Å²) in [4.78, 5) is 14.1. The van der Waals surface area contributed by atoms with Crippen LogP contribution in [0.2, 0.25) is 0 Å². The third kappa shape index (κ3) is 3.19. The Kier molecular flexibility index (Phi) is 4.96. The van der Waals surface area contributed by atoms with Crippen LogP contribution < -0.4 is 15.2 Å². The number of likely N-dealkylation sites (tertiary alicyclic amines) is 1. The van der Waals surface area contributed by atoms with E-state index < -0.39 is 0 Å². The van der Waals surface area contributed by atoms with Gasteiger partial charge in [-0.3, -0.25) is 4.79 Å². The number of amides is 1. The number of nitrogens with zero attached hydrogens (tertiary/aromatic N) is 1. The molecular weight excluding hydrogens is 280 g/mol. The molecule has 1 aliphatic rings. The van der Waals surface area contributed by atoms with Crippen molar-refractivity contribution in [3.8, 4) is 11.5 Å². The molecule has 22 heavy (non-hydrogen) atoms. The summed E-state index contributed by atoms with van der Waals surface area (Å²) >= 11 is 0. The van der Waals surface area contributed by atoms with Crippen molar-refractivity contribution in [2.24, 2.45) is 5.73 Å². The van der Waals surface area contributed by atoms with Gasteiger partial charge in [0.2, 0.25) is 5.91 Å². The van der Waals surface area contributed by atoms with Crippen molar-refractivity contribution in [2.45, 2.75) is 58.3 Å². The van der Waals surface area contributed by atoms with Gasteiger partial charge in [0, 0.05) is 18.5 Å². The second kappa shape index (κ2) is 6.57. The van der Waals surface area contributed by atoms with Crippen LogP contribution >= 0.6 is 0 Å². The van der Waals surface area contributed by atoms with Gasteiger partial charge in [-0.2, -0.15) is 0 Å². The first-order chi connectivity index (χ1) is 10.3. The first-order valence-corrected chi connectivity index (χ1v) is 7.76. The second-order valence-corrected chi connectivity index (χ2v) is 6.28. The molecule has 1 heterocycles. The van der Waals surface area contributed by atoms with Crippen LogP contribution in [0, 0.1) is 0 Å². The van der Waals surface area contributed by atoms with E-state index in [4.69, 9.17) is 15.2 Å². The fourth-order valence-corrected chi connectivity index (χ4v) is 3.02. The molecule has 1 aliphatic heterocycles. The lowest BCUT2D eigenvalue weighted by molar-refractivity contribution is -0.130. The molecule has 1 amide bonds. The summed E-state index contributed by atoms with van der Waals surface area (Å²) in [5, 5.41) is 0. The number of ether oxygens (including phenoxy) is 2. The van der Waals surface area contributed by atoms with E-state index in [-0.39, 0.29) is 30.1 Å². The largest absolute Gasteiger partial charge is 0.493 e. The van der Waals surface area contributed by atoms with Gasteiger partial charge < -0.3 is 20.1 Å². The van der Waals surface area contributed by atoms with E-state index in [0.717, 1.165) is 5.56 Å². The predicted octanol–water partition coefficient (Wildman–Crippen LogP) is 2.49. The fourth-order valence-electron chi connectivity index (χ4n) is 3.02. The molecule has 0 bridgehead atoms. The van der Waals surface area contributed by atoms with E-state index in [0.29, 0.717) is 17.9 Å². The van der Waals surface area contributed by atoms with Crippen LogP contribution in [0.1, 0.15) is 45.7 Å². The summed E-state index contributed by atoms with van der Waals surface area (Å²) < 4.78 is 11.2. The number of hydrogen-bond donors (Lipinski definition) is 1. The molecule has 2 N–H and O–H groups in total. The van der Waals surface area contributed by atoms with E-state index in [2.05, 4.69) is 0 Å². The van der Waals surface area contributed by atoms with Crippen molar-refractivity contribution >= 4 is 5.91 Å². The summed E-state index contributed by atoms with van der Waals surface area (Å²) in [5.41, 5.74) is 7.21. The Labute approximate surface area is 132 Å². The third-order valence-electron chi connectivity index (χ3n) is 3.85. The van der Waals surface area contributed by atoms with E-state index in [1.165, 1.54) is 0 Å². The van der Waals surface area contributed by atoms with Crippen LogP contribution in [0.5, 0.6) is 11.5 Å². The molecule has 2 atom stereocenters. The number of nitrogens with two attached hydrogens (primary N) is 1. The Balaban J connectivity index is 2.40. The number of carbonyl (C=O) groups excluding carboxylic acids is 1. The quantitative estimate of drug-likeness (QED) is 0.907. The standard InChI is InChI=1S/C17H26N2O3/c1-10(2)19-16(20)9-13(18)17(19)12-6-7-14(21-5)15(8-12)22-11(3)4/h6-8,10-11,13,17H,9,18H2,1-5H3. The summed E-state index contributed by atoms with van der Waals surface area (Å²) in [6.45, 7) is 7.96. The SMILES string of the molecule is COc1ccc(C2C(N)CC(=O)N2C(C)C)cc1OC(C)C. The van der Waals surface area contributed by atoms with Crippen molar-refractivity contribution in [1.29, 1.82) is 0 Å². The number of hydrogen-bond acceptors (Lipinski definition) is 4. The molecule has 1 saturated heterocycles. The first-order valence-electron chi connectivity index (χ1n) is 7.76. The average molecular weight is 306 g/mol. The molecule has 1 aromatic rings. The lowest BCUT2D eigenvalue weighted by Gasteiger charge is -2.31. The zero-order chi connectivity index (χ0) is 16.4. The Hall–Kier alpha value is -1.75. The Bertz CT molecular complexity index is 543. The van der Waals surface area contributed by atoms with Gasteiger partial charge in [-0.15, -0.1) is 0 Å². The van der Waals surface area contributed by atoms with Crippen molar-refractivity contribution in [3.63, 3.8) is 0 Å². The Morgan fingerprint density at radius 1 is 1.23 bits per heavy atom. The highest BCUT2D eigenvalue weighted by atomic mass is 16.5. The van der Waals surface area contributed by atoms with Gasteiger partial charge in [0.25, 0.3) is 0 Å². The van der Waals surface area contributed by atoms with Crippen LogP contribution in [0.15, 0.2) is 18.2 Å². The van der Waals surface area contributed by atoms with Gasteiger partial charge in [0.1, 0.15) is 0 Å². The summed E-state index contributed by atoms with van der Waals surface area (Å²) in [7, 11) is 1.62. The number of rotatable bonds is 5. The fraction of sp³-hybridized carbons (Fsp3) is 0.588. The van der Waals surface area contributed by atoms with Crippen LogP contribution in [-0.2, 0) is 4.79 Å². The maximum Gasteiger partial charge on any atom is 0.225 e. The summed E-state index contributed by atoms with van der Waals surface area (Å²) in [6, 6.07) is 5.58. The van der Waals surface area contributed by atoms with E-state index in [1.807, 2.05) is 50.8 Å². The number of benzene rings is 1. The van der Waals surface area contributed by atoms with Gasteiger partial charge in [-0.25, -0.2) is 0 Å². The van der Waals surface area contributed by atoms with E-state index in [1.54, 1.807) is 7.11 Å². The van der Waals surface area contributed by atoms with E-state index >= 15 is 0 Å². The highest BCUT2D eigenvalue weighted by Gasteiger charge is 2.40. The lowest BCUT2D eigenvalue weighted by Crippen LogP contribution is -2.37. The molecule has 0 aromatic heterocycles. The zero-order valence-electron chi connectivity index (χ0n) is 14.0. The van der Waals surface area contributed by atoms with Gasteiger partial charge in [-0.05, 0) is 45.4 Å². The molecule has 0 saturated carbocycles.